The highest BCUT2D eigenvalue weighted by molar-refractivity contribution is 7.16. The molecule has 2 atom stereocenters. The number of allylic oxidation sites excluding steroid dienone is 2. The second kappa shape index (κ2) is 11.8. The van der Waals surface area contributed by atoms with E-state index < -0.39 is 11.0 Å². The van der Waals surface area contributed by atoms with Crippen LogP contribution in [0, 0.1) is 29.9 Å². The lowest BCUT2D eigenvalue weighted by atomic mass is 9.73. The molecule has 0 aliphatic heterocycles. The molecule has 0 fully saturated rings. The van der Waals surface area contributed by atoms with Gasteiger partial charge in [-0.2, -0.15) is 15.0 Å². The van der Waals surface area contributed by atoms with Gasteiger partial charge in [-0.15, -0.1) is 22.7 Å². The fourth-order valence-corrected chi connectivity index (χ4v) is 7.75. The molecule has 206 valence electrons. The van der Waals surface area contributed by atoms with Crippen molar-refractivity contribution in [1.29, 1.82) is 0 Å². The van der Waals surface area contributed by atoms with E-state index in [0.29, 0.717) is 27.1 Å². The molecule has 13 heteroatoms. The normalized spacial score (nSPS) is 16.4. The predicted octanol–water partition coefficient (Wildman–Crippen LogP) is 9.83. The van der Waals surface area contributed by atoms with Crippen molar-refractivity contribution >= 4 is 85.9 Å². The molecule has 0 bridgehead atoms. The highest BCUT2D eigenvalue weighted by Crippen LogP contribution is 2.51. The topological polar surface area (TPSA) is 91.0 Å². The number of nitro groups is 1. The summed E-state index contributed by atoms with van der Waals surface area (Å²) in [6, 6.07) is 10.2. The van der Waals surface area contributed by atoms with Gasteiger partial charge in [0.15, 0.2) is 0 Å². The van der Waals surface area contributed by atoms with E-state index in [4.69, 9.17) is 51.1 Å². The van der Waals surface area contributed by atoms with Gasteiger partial charge < -0.3 is 4.74 Å². The van der Waals surface area contributed by atoms with E-state index in [0.717, 1.165) is 37.6 Å². The van der Waals surface area contributed by atoms with Crippen LogP contribution in [0.2, 0.25) is 19.2 Å². The number of nitro benzene ring substituents is 1. The number of ether oxygens (including phenoxy) is 1. The van der Waals surface area contributed by atoms with Crippen LogP contribution < -0.4 is 4.74 Å². The third-order valence-electron chi connectivity index (χ3n) is 6.71. The van der Waals surface area contributed by atoms with Gasteiger partial charge in [0.25, 0.3) is 5.69 Å². The van der Waals surface area contributed by atoms with E-state index in [2.05, 4.69) is 21.5 Å². The molecule has 0 saturated heterocycles. The number of non-ortho nitro benzene ring substituents is 1. The number of halogens is 4. The Labute approximate surface area is 258 Å². The Balaban J connectivity index is 1.66. The fourth-order valence-electron chi connectivity index (χ4n) is 4.97. The molecule has 0 amide bonds. The van der Waals surface area contributed by atoms with Crippen LogP contribution in [0.25, 0.3) is 11.1 Å². The van der Waals surface area contributed by atoms with Gasteiger partial charge in [0.2, 0.25) is 10.6 Å². The molecule has 0 saturated carbocycles. The molecule has 1 aromatic carbocycles. The molecule has 5 rings (SSSR count). The van der Waals surface area contributed by atoms with E-state index in [1.807, 2.05) is 26.0 Å². The van der Waals surface area contributed by atoms with Crippen molar-refractivity contribution in [2.75, 3.05) is 0 Å². The van der Waals surface area contributed by atoms with Crippen LogP contribution in [0.15, 0.2) is 48.6 Å². The van der Waals surface area contributed by atoms with E-state index in [1.54, 1.807) is 12.1 Å². The van der Waals surface area contributed by atoms with E-state index in [9.17, 15) is 10.1 Å². The van der Waals surface area contributed by atoms with Gasteiger partial charge in [-0.1, -0.05) is 47.5 Å². The maximum Gasteiger partial charge on any atom is 0.322 e. The summed E-state index contributed by atoms with van der Waals surface area (Å²) in [5.74, 6) is -0.317. The first-order valence-electron chi connectivity index (χ1n) is 11.9. The summed E-state index contributed by atoms with van der Waals surface area (Å²) in [7, 11) is 0. The summed E-state index contributed by atoms with van der Waals surface area (Å²) in [6.07, 6.45) is 0.295. The number of hydrogen-bond acceptors (Lipinski definition) is 8. The van der Waals surface area contributed by atoms with Crippen LogP contribution in [0.5, 0.6) is 6.01 Å². The molecule has 0 radical (unpaired) electrons. The Morgan fingerprint density at radius 2 is 1.57 bits per heavy atom. The molecule has 1 aliphatic carbocycles. The zero-order valence-corrected chi connectivity index (χ0v) is 25.7. The summed E-state index contributed by atoms with van der Waals surface area (Å²) in [4.78, 5) is 25.3. The van der Waals surface area contributed by atoms with Crippen LogP contribution in [0.4, 0.5) is 5.69 Å². The number of thiophene rings is 2. The zero-order valence-electron chi connectivity index (χ0n) is 21.1. The molecular weight excluding hydrogens is 634 g/mol. The smallest absolute Gasteiger partial charge is 0.322 e. The Kier molecular flexibility index (Phi) is 8.52. The maximum atomic E-state index is 11.6. The third-order valence-corrected chi connectivity index (χ3v) is 9.41. The molecular formula is C27H20Cl4N4O3S2. The maximum absolute atomic E-state index is 11.6. The van der Waals surface area contributed by atoms with Gasteiger partial charge in [-0.25, -0.2) is 0 Å². The van der Waals surface area contributed by atoms with Crippen LogP contribution >= 0.6 is 69.1 Å². The Morgan fingerprint density at radius 1 is 0.975 bits per heavy atom. The summed E-state index contributed by atoms with van der Waals surface area (Å²) >= 11 is 27.9. The van der Waals surface area contributed by atoms with Crippen LogP contribution in [0.3, 0.4) is 0 Å². The first kappa shape index (κ1) is 29.0. The van der Waals surface area contributed by atoms with E-state index in [1.165, 1.54) is 34.8 Å². The van der Waals surface area contributed by atoms with Crippen molar-refractivity contribution in [3.8, 4) is 6.01 Å². The summed E-state index contributed by atoms with van der Waals surface area (Å²) in [5, 5.41) is 11.4. The zero-order chi connectivity index (χ0) is 28.7. The lowest BCUT2D eigenvalue weighted by Crippen LogP contribution is -2.25. The average Bonchev–Trinajstić information content (AvgIpc) is 3.40. The SMILES string of the molecule is C=C1CC(c2cc(Cl)sc2C)=C(c2cc(Cl)sc2C)CC1C(Oc1nc(Cl)nc(Cl)n1)c1cccc([N+](=O)[O-])c1. The highest BCUT2D eigenvalue weighted by atomic mass is 35.5. The number of aromatic nitrogens is 3. The number of rotatable bonds is 7. The molecule has 3 heterocycles. The molecule has 7 nitrogen and oxygen atoms in total. The second-order valence-electron chi connectivity index (χ2n) is 9.19. The predicted molar refractivity (Wildman–Crippen MR) is 163 cm³/mol. The quantitative estimate of drug-likeness (QED) is 0.112. The van der Waals surface area contributed by atoms with E-state index in [-0.39, 0.29) is 28.2 Å². The van der Waals surface area contributed by atoms with Crippen molar-refractivity contribution in [2.45, 2.75) is 32.8 Å². The number of hydrogen-bond donors (Lipinski definition) is 0. The molecule has 4 aromatic rings. The van der Waals surface area contributed by atoms with E-state index >= 15 is 0 Å². The standard InChI is InChI=1S/C27H20Cl4N4O3S2/c1-12-7-20(18-10-22(28)39-13(18)2)21(19-11-23(29)40-14(19)3)9-17(12)24(15-5-4-6-16(8-15)35(36)37)38-27-33-25(30)32-26(31)34-27/h4-6,8,10-11,17,24H,1,7,9H2,2-3H3. The minimum atomic E-state index is -0.750. The number of benzene rings is 1. The van der Waals surface area contributed by atoms with Gasteiger partial charge in [0.05, 0.1) is 13.6 Å². The molecule has 0 N–H and O–H groups in total. The minimum Gasteiger partial charge on any atom is -0.454 e. The summed E-state index contributed by atoms with van der Waals surface area (Å²) in [5.41, 5.74) is 5.67. The largest absolute Gasteiger partial charge is 0.454 e. The monoisotopic (exact) mass is 652 g/mol. The van der Waals surface area contributed by atoms with Crippen molar-refractivity contribution in [3.63, 3.8) is 0 Å². The molecule has 2 unspecified atom stereocenters. The Bertz CT molecular complexity index is 1660. The van der Waals surface area contributed by atoms with Crippen molar-refractivity contribution < 1.29 is 9.66 Å². The van der Waals surface area contributed by atoms with Crippen LogP contribution in [-0.2, 0) is 0 Å². The summed E-state index contributed by atoms with van der Waals surface area (Å²) in [6.45, 7) is 8.52. The second-order valence-corrected chi connectivity index (χ2v) is 13.6. The lowest BCUT2D eigenvalue weighted by molar-refractivity contribution is -0.385. The minimum absolute atomic E-state index is 0.0697. The van der Waals surface area contributed by atoms with Crippen molar-refractivity contribution in [1.82, 2.24) is 15.0 Å². The first-order chi connectivity index (χ1) is 19.0. The van der Waals surface area contributed by atoms with Crippen molar-refractivity contribution in [3.05, 3.63) is 104 Å². The third kappa shape index (κ3) is 6.05. The van der Waals surface area contributed by atoms with Crippen LogP contribution in [-0.4, -0.2) is 19.9 Å². The van der Waals surface area contributed by atoms with Gasteiger partial charge in [0, 0.05) is 27.8 Å². The number of nitrogens with zero attached hydrogens (tertiary/aromatic N) is 4. The average molecular weight is 654 g/mol. The molecule has 0 spiro atoms. The van der Waals surface area contributed by atoms with Gasteiger partial charge in [0.1, 0.15) is 6.10 Å². The summed E-state index contributed by atoms with van der Waals surface area (Å²) < 4.78 is 7.70. The van der Waals surface area contributed by atoms with Crippen molar-refractivity contribution in [2.24, 2.45) is 5.92 Å². The Hall–Kier alpha value is -2.53. The molecule has 40 heavy (non-hydrogen) atoms. The van der Waals surface area contributed by atoms with Gasteiger partial charge >= 0.3 is 6.01 Å². The fraction of sp³-hybridized carbons (Fsp3) is 0.222. The first-order valence-corrected chi connectivity index (χ1v) is 15.0. The Morgan fingerprint density at radius 3 is 2.12 bits per heavy atom. The highest BCUT2D eigenvalue weighted by Gasteiger charge is 2.36. The lowest BCUT2D eigenvalue weighted by Gasteiger charge is -2.35. The number of aryl methyl sites for hydroxylation is 2. The van der Waals surface area contributed by atoms with Crippen LogP contribution in [0.1, 0.15) is 45.4 Å². The molecule has 1 aliphatic rings. The van der Waals surface area contributed by atoms with Gasteiger partial charge in [-0.05, 0) is 89.9 Å². The molecule has 3 aromatic heterocycles. The van der Waals surface area contributed by atoms with Gasteiger partial charge in [-0.3, -0.25) is 10.1 Å².